The molecule has 0 unspecified atom stereocenters. The van der Waals surface area contributed by atoms with Gasteiger partial charge in [-0.15, -0.1) is 0 Å². The smallest absolute Gasteiger partial charge is 0.328 e. The van der Waals surface area contributed by atoms with E-state index in [0.717, 1.165) is 5.56 Å². The molecule has 1 aromatic rings. The second-order valence-corrected chi connectivity index (χ2v) is 6.53. The van der Waals surface area contributed by atoms with Gasteiger partial charge in [-0.2, -0.15) is 0 Å². The van der Waals surface area contributed by atoms with Gasteiger partial charge in [-0.1, -0.05) is 37.3 Å². The zero-order valence-corrected chi connectivity index (χ0v) is 16.7. The molecule has 0 aliphatic carbocycles. The van der Waals surface area contributed by atoms with Crippen LogP contribution in [0.3, 0.4) is 0 Å². The standard InChI is InChI=1S/C20H28N2O6/c1-13(12-18(25)27-3)19(20(26)28-4)22-17(24)11-10-16(23)21-14(2)15-8-6-5-7-9-15/h5-9,13-14,19H,10-12H2,1-4H3,(H,21,23)(H,22,24)/t13-,14+,19-/m0/s1. The number of esters is 2. The summed E-state index contributed by atoms with van der Waals surface area (Å²) in [5.74, 6) is -2.43. The highest BCUT2D eigenvalue weighted by molar-refractivity contribution is 5.88. The fourth-order valence-corrected chi connectivity index (χ4v) is 2.64. The van der Waals surface area contributed by atoms with E-state index in [1.165, 1.54) is 14.2 Å². The van der Waals surface area contributed by atoms with E-state index in [1.54, 1.807) is 6.92 Å². The predicted molar refractivity (Wildman–Crippen MR) is 102 cm³/mol. The first kappa shape index (κ1) is 23.1. The number of benzene rings is 1. The number of rotatable bonds is 10. The van der Waals surface area contributed by atoms with Crippen molar-refractivity contribution in [1.29, 1.82) is 0 Å². The molecule has 0 aliphatic rings. The average Bonchev–Trinajstić information content (AvgIpc) is 2.70. The van der Waals surface area contributed by atoms with Crippen molar-refractivity contribution in [1.82, 2.24) is 10.6 Å². The molecule has 0 saturated carbocycles. The van der Waals surface area contributed by atoms with Crippen molar-refractivity contribution >= 4 is 23.8 Å². The van der Waals surface area contributed by atoms with Gasteiger partial charge in [0.25, 0.3) is 0 Å². The summed E-state index contributed by atoms with van der Waals surface area (Å²) in [7, 11) is 2.45. The quantitative estimate of drug-likeness (QED) is 0.584. The van der Waals surface area contributed by atoms with Gasteiger partial charge in [0.2, 0.25) is 11.8 Å². The van der Waals surface area contributed by atoms with Gasteiger partial charge in [0.05, 0.1) is 26.7 Å². The highest BCUT2D eigenvalue weighted by Crippen LogP contribution is 2.13. The molecule has 28 heavy (non-hydrogen) atoms. The molecule has 0 aliphatic heterocycles. The van der Waals surface area contributed by atoms with Crippen molar-refractivity contribution < 1.29 is 28.7 Å². The van der Waals surface area contributed by atoms with Crippen LogP contribution in [0.25, 0.3) is 0 Å². The first-order chi connectivity index (χ1) is 13.3. The fourth-order valence-electron chi connectivity index (χ4n) is 2.64. The van der Waals surface area contributed by atoms with Gasteiger partial charge in [0.15, 0.2) is 0 Å². The van der Waals surface area contributed by atoms with E-state index in [0.29, 0.717) is 0 Å². The van der Waals surface area contributed by atoms with Gasteiger partial charge in [-0.25, -0.2) is 4.79 Å². The lowest BCUT2D eigenvalue weighted by Crippen LogP contribution is -2.46. The second kappa shape index (κ2) is 11.7. The van der Waals surface area contributed by atoms with E-state index in [-0.39, 0.29) is 31.2 Å². The summed E-state index contributed by atoms with van der Waals surface area (Å²) in [6.07, 6.45) is -0.167. The summed E-state index contributed by atoms with van der Waals surface area (Å²) in [6, 6.07) is 8.29. The minimum Gasteiger partial charge on any atom is -0.469 e. The molecular weight excluding hydrogens is 364 g/mol. The number of hydrogen-bond donors (Lipinski definition) is 2. The zero-order chi connectivity index (χ0) is 21.1. The van der Waals surface area contributed by atoms with Crippen LogP contribution in [0.5, 0.6) is 0 Å². The van der Waals surface area contributed by atoms with Crippen LogP contribution in [0.15, 0.2) is 30.3 Å². The molecular formula is C20H28N2O6. The fraction of sp³-hybridized carbons (Fsp3) is 0.500. The Morgan fingerprint density at radius 3 is 2.00 bits per heavy atom. The number of methoxy groups -OCH3 is 2. The summed E-state index contributed by atoms with van der Waals surface area (Å²) in [5.41, 5.74) is 0.961. The maximum absolute atomic E-state index is 12.2. The minimum absolute atomic E-state index is 0.0255. The van der Waals surface area contributed by atoms with Crippen molar-refractivity contribution in [3.05, 3.63) is 35.9 Å². The van der Waals surface area contributed by atoms with Crippen LogP contribution in [-0.4, -0.2) is 44.0 Å². The largest absolute Gasteiger partial charge is 0.469 e. The lowest BCUT2D eigenvalue weighted by Gasteiger charge is -2.22. The number of ether oxygens (including phenoxy) is 2. The van der Waals surface area contributed by atoms with E-state index < -0.39 is 29.8 Å². The first-order valence-corrected chi connectivity index (χ1v) is 9.06. The minimum atomic E-state index is -0.997. The normalized spacial score (nSPS) is 13.6. The molecule has 1 aromatic carbocycles. The highest BCUT2D eigenvalue weighted by atomic mass is 16.5. The van der Waals surface area contributed by atoms with Crippen LogP contribution in [0, 0.1) is 5.92 Å². The SMILES string of the molecule is COC(=O)C[C@H](C)[C@H](NC(=O)CCC(=O)N[C@H](C)c1ccccc1)C(=O)OC. The highest BCUT2D eigenvalue weighted by Gasteiger charge is 2.29. The maximum atomic E-state index is 12.2. The van der Waals surface area contributed by atoms with Crippen LogP contribution in [-0.2, 0) is 28.7 Å². The Morgan fingerprint density at radius 2 is 1.46 bits per heavy atom. The lowest BCUT2D eigenvalue weighted by molar-refractivity contribution is -0.148. The second-order valence-electron chi connectivity index (χ2n) is 6.53. The molecule has 1 rings (SSSR count). The van der Waals surface area contributed by atoms with E-state index in [2.05, 4.69) is 15.4 Å². The Kier molecular flexibility index (Phi) is 9.70. The molecule has 0 bridgehead atoms. The van der Waals surface area contributed by atoms with Crippen molar-refractivity contribution in [3.63, 3.8) is 0 Å². The van der Waals surface area contributed by atoms with Crippen molar-refractivity contribution in [2.24, 2.45) is 5.92 Å². The molecule has 0 spiro atoms. The Morgan fingerprint density at radius 1 is 0.893 bits per heavy atom. The predicted octanol–water partition coefficient (Wildman–Crippen LogP) is 1.50. The van der Waals surface area contributed by atoms with Gasteiger partial charge < -0.3 is 20.1 Å². The van der Waals surface area contributed by atoms with E-state index in [9.17, 15) is 19.2 Å². The molecule has 2 amide bonds. The first-order valence-electron chi connectivity index (χ1n) is 9.06. The van der Waals surface area contributed by atoms with Crippen molar-refractivity contribution in [3.8, 4) is 0 Å². The van der Waals surface area contributed by atoms with Gasteiger partial charge in [-0.3, -0.25) is 14.4 Å². The summed E-state index contributed by atoms with van der Waals surface area (Å²) in [4.78, 5) is 47.6. The van der Waals surface area contributed by atoms with Crippen molar-refractivity contribution in [2.45, 2.75) is 45.2 Å². The molecule has 0 fully saturated rings. The molecule has 8 nitrogen and oxygen atoms in total. The molecule has 0 saturated heterocycles. The Hall–Kier alpha value is -2.90. The van der Waals surface area contributed by atoms with Gasteiger partial charge >= 0.3 is 11.9 Å². The molecule has 0 heterocycles. The summed E-state index contributed by atoms with van der Waals surface area (Å²) in [6.45, 7) is 3.49. The third kappa shape index (κ3) is 7.77. The molecule has 2 N–H and O–H groups in total. The lowest BCUT2D eigenvalue weighted by atomic mass is 9.98. The molecule has 0 radical (unpaired) electrons. The van der Waals surface area contributed by atoms with Gasteiger partial charge in [0, 0.05) is 12.8 Å². The third-order valence-corrected chi connectivity index (χ3v) is 4.31. The summed E-state index contributed by atoms with van der Waals surface area (Å²) < 4.78 is 9.28. The van der Waals surface area contributed by atoms with Crippen LogP contribution >= 0.6 is 0 Å². The van der Waals surface area contributed by atoms with E-state index in [4.69, 9.17) is 4.74 Å². The Balaban J connectivity index is 2.54. The van der Waals surface area contributed by atoms with Crippen LogP contribution < -0.4 is 10.6 Å². The van der Waals surface area contributed by atoms with E-state index in [1.807, 2.05) is 37.3 Å². The van der Waals surface area contributed by atoms with Gasteiger partial charge in [-0.05, 0) is 18.4 Å². The average molecular weight is 392 g/mol. The van der Waals surface area contributed by atoms with Crippen LogP contribution in [0.2, 0.25) is 0 Å². The van der Waals surface area contributed by atoms with Crippen molar-refractivity contribution in [2.75, 3.05) is 14.2 Å². The maximum Gasteiger partial charge on any atom is 0.328 e. The number of carbonyl (C=O) groups excluding carboxylic acids is 4. The van der Waals surface area contributed by atoms with Crippen LogP contribution in [0.1, 0.15) is 44.7 Å². The molecule has 8 heteroatoms. The topological polar surface area (TPSA) is 111 Å². The number of nitrogens with one attached hydrogen (secondary N) is 2. The Bertz CT molecular complexity index is 677. The van der Waals surface area contributed by atoms with Gasteiger partial charge in [0.1, 0.15) is 6.04 Å². The summed E-state index contributed by atoms with van der Waals surface area (Å²) in [5, 5.41) is 5.36. The molecule has 154 valence electrons. The monoisotopic (exact) mass is 392 g/mol. The number of carbonyl (C=O) groups is 4. The number of amides is 2. The van der Waals surface area contributed by atoms with Crippen LogP contribution in [0.4, 0.5) is 0 Å². The van der Waals surface area contributed by atoms with E-state index >= 15 is 0 Å². The molecule has 3 atom stereocenters. The Labute approximate surface area is 165 Å². The summed E-state index contributed by atoms with van der Waals surface area (Å²) >= 11 is 0. The third-order valence-electron chi connectivity index (χ3n) is 4.31. The number of hydrogen-bond acceptors (Lipinski definition) is 6. The molecule has 0 aromatic heterocycles. The zero-order valence-electron chi connectivity index (χ0n) is 16.7.